The summed E-state index contributed by atoms with van der Waals surface area (Å²) in [5, 5.41) is 6.91. The van der Waals surface area contributed by atoms with Gasteiger partial charge in [-0.2, -0.15) is 13.2 Å². The second-order valence-corrected chi connectivity index (χ2v) is 6.67. The minimum absolute atomic E-state index is 0.0639. The van der Waals surface area contributed by atoms with Crippen LogP contribution in [0.25, 0.3) is 5.69 Å². The number of pyridine rings is 1. The van der Waals surface area contributed by atoms with Crippen LogP contribution in [0, 0.1) is 0 Å². The van der Waals surface area contributed by atoms with Crippen molar-refractivity contribution in [1.29, 1.82) is 0 Å². The summed E-state index contributed by atoms with van der Waals surface area (Å²) in [6, 6.07) is 10.8. The molecule has 0 spiro atoms. The van der Waals surface area contributed by atoms with Crippen molar-refractivity contribution in [2.24, 2.45) is 0 Å². The van der Waals surface area contributed by atoms with E-state index in [0.29, 0.717) is 5.69 Å². The minimum Gasteiger partial charge on any atom is -0.327 e. The molecule has 10 heteroatoms. The van der Waals surface area contributed by atoms with Crippen LogP contribution in [0.2, 0.25) is 0 Å². The van der Waals surface area contributed by atoms with Crippen LogP contribution in [0.4, 0.5) is 13.2 Å². The largest absolute Gasteiger partial charge is 0.451 e. The molecule has 3 heterocycles. The maximum absolute atomic E-state index is 13.1. The second-order valence-electron chi connectivity index (χ2n) is 6.67. The Morgan fingerprint density at radius 2 is 1.79 bits per heavy atom. The Hall–Kier alpha value is -3.43. The fourth-order valence-electron chi connectivity index (χ4n) is 3.44. The van der Waals surface area contributed by atoms with Crippen molar-refractivity contribution < 1.29 is 18.0 Å². The highest BCUT2D eigenvalue weighted by Gasteiger charge is 2.41. The Kier molecular flexibility index (Phi) is 4.48. The molecule has 0 aliphatic carbocycles. The van der Waals surface area contributed by atoms with Gasteiger partial charge in [0, 0.05) is 31.0 Å². The predicted octanol–water partition coefficient (Wildman–Crippen LogP) is 2.66. The highest BCUT2D eigenvalue weighted by Crippen LogP contribution is 2.33. The number of alkyl halides is 3. The van der Waals surface area contributed by atoms with E-state index in [1.54, 1.807) is 31.2 Å². The fourth-order valence-corrected chi connectivity index (χ4v) is 3.44. The number of para-hydroxylation sites is 1. The van der Waals surface area contributed by atoms with Crippen LogP contribution in [-0.2, 0) is 12.7 Å². The van der Waals surface area contributed by atoms with Gasteiger partial charge in [0.05, 0.1) is 11.6 Å². The van der Waals surface area contributed by atoms with Crippen molar-refractivity contribution in [3.05, 3.63) is 76.2 Å². The Balaban J connectivity index is 1.66. The number of rotatable bonds is 2. The highest BCUT2D eigenvalue weighted by molar-refractivity contribution is 5.94. The second kappa shape index (κ2) is 6.87. The summed E-state index contributed by atoms with van der Waals surface area (Å²) >= 11 is 0. The topological polar surface area (TPSA) is 73.0 Å². The molecule has 0 radical (unpaired) electrons. The maximum atomic E-state index is 13.1. The van der Waals surface area contributed by atoms with Gasteiger partial charge in [-0.3, -0.25) is 14.2 Å². The normalized spacial score (nSPS) is 16.6. The Labute approximate surface area is 163 Å². The number of carbonyl (C=O) groups excluding carboxylic acids is 1. The Bertz CT molecular complexity index is 1120. The highest BCUT2D eigenvalue weighted by atomic mass is 19.4. The van der Waals surface area contributed by atoms with Gasteiger partial charge in [0.1, 0.15) is 0 Å². The lowest BCUT2D eigenvalue weighted by atomic mass is 10.1. The third-order valence-electron chi connectivity index (χ3n) is 4.89. The van der Waals surface area contributed by atoms with E-state index < -0.39 is 23.9 Å². The molecule has 4 rings (SSSR count). The summed E-state index contributed by atoms with van der Waals surface area (Å²) < 4.78 is 41.5. The van der Waals surface area contributed by atoms with Crippen molar-refractivity contribution in [2.75, 3.05) is 6.54 Å². The van der Waals surface area contributed by atoms with Gasteiger partial charge >= 0.3 is 6.18 Å². The zero-order valence-electron chi connectivity index (χ0n) is 15.3. The summed E-state index contributed by atoms with van der Waals surface area (Å²) in [6.45, 7) is 1.61. The van der Waals surface area contributed by atoms with Gasteiger partial charge in [0.2, 0.25) is 5.82 Å². The van der Waals surface area contributed by atoms with Gasteiger partial charge in [0.25, 0.3) is 11.5 Å². The Morgan fingerprint density at radius 1 is 1.07 bits per heavy atom. The third kappa shape index (κ3) is 3.30. The quantitative estimate of drug-likeness (QED) is 0.660. The molecular weight excluding hydrogens is 387 g/mol. The van der Waals surface area contributed by atoms with Gasteiger partial charge in [0.15, 0.2) is 5.82 Å². The van der Waals surface area contributed by atoms with Gasteiger partial charge < -0.3 is 9.47 Å². The molecule has 0 saturated heterocycles. The van der Waals surface area contributed by atoms with E-state index in [4.69, 9.17) is 0 Å². The molecular formula is C19H16F3N5O2. The molecule has 1 amide bonds. The Morgan fingerprint density at radius 3 is 2.48 bits per heavy atom. The average molecular weight is 403 g/mol. The van der Waals surface area contributed by atoms with Crippen LogP contribution in [-0.4, -0.2) is 36.7 Å². The van der Waals surface area contributed by atoms with Crippen LogP contribution in [0.15, 0.2) is 53.5 Å². The van der Waals surface area contributed by atoms with Crippen LogP contribution >= 0.6 is 0 Å². The molecule has 29 heavy (non-hydrogen) atoms. The van der Waals surface area contributed by atoms with Gasteiger partial charge in [-0.25, -0.2) is 0 Å². The average Bonchev–Trinajstić information content (AvgIpc) is 3.14. The van der Waals surface area contributed by atoms with Crippen molar-refractivity contribution in [2.45, 2.75) is 25.7 Å². The van der Waals surface area contributed by atoms with E-state index in [9.17, 15) is 22.8 Å². The fraction of sp³-hybridized carbons (Fsp3) is 0.263. The molecule has 150 valence electrons. The SMILES string of the molecule is CC1c2nnc(C(F)(F)F)n2CCN1C(=O)c1ccc(=O)n(-c2ccccc2)c1. The van der Waals surface area contributed by atoms with Gasteiger partial charge in [-0.05, 0) is 25.1 Å². The lowest BCUT2D eigenvalue weighted by Gasteiger charge is -2.34. The lowest BCUT2D eigenvalue weighted by Crippen LogP contribution is -2.42. The van der Waals surface area contributed by atoms with Crippen LogP contribution in [0.3, 0.4) is 0 Å². The zero-order chi connectivity index (χ0) is 20.8. The molecule has 0 N–H and O–H groups in total. The number of nitrogens with zero attached hydrogens (tertiary/aromatic N) is 5. The summed E-state index contributed by atoms with van der Waals surface area (Å²) in [4.78, 5) is 26.7. The predicted molar refractivity (Wildman–Crippen MR) is 96.5 cm³/mol. The first kappa shape index (κ1) is 18.9. The first-order chi connectivity index (χ1) is 13.8. The van der Waals surface area contributed by atoms with Crippen molar-refractivity contribution in [1.82, 2.24) is 24.2 Å². The van der Waals surface area contributed by atoms with Crippen LogP contribution in [0.5, 0.6) is 0 Å². The molecule has 0 fully saturated rings. The summed E-state index contributed by atoms with van der Waals surface area (Å²) in [6.07, 6.45) is -3.17. The molecule has 1 aliphatic rings. The van der Waals surface area contributed by atoms with Crippen molar-refractivity contribution in [3.63, 3.8) is 0 Å². The monoisotopic (exact) mass is 403 g/mol. The van der Waals surface area contributed by atoms with Gasteiger partial charge in [-0.15, -0.1) is 10.2 Å². The molecule has 2 aromatic heterocycles. The first-order valence-corrected chi connectivity index (χ1v) is 8.87. The smallest absolute Gasteiger partial charge is 0.327 e. The number of halogens is 3. The number of carbonyl (C=O) groups is 1. The van der Waals surface area contributed by atoms with E-state index in [-0.39, 0.29) is 30.0 Å². The maximum Gasteiger partial charge on any atom is 0.451 e. The number of benzene rings is 1. The summed E-state index contributed by atoms with van der Waals surface area (Å²) in [5.41, 5.74) is 0.562. The molecule has 7 nitrogen and oxygen atoms in total. The molecule has 1 aromatic carbocycles. The molecule has 3 aromatic rings. The van der Waals surface area contributed by atoms with Crippen molar-refractivity contribution >= 4 is 5.91 Å². The molecule has 1 aliphatic heterocycles. The standard InChI is InChI=1S/C19H16F3N5O2/c1-12-16-23-24-18(19(20,21)22)26(16)10-9-25(12)17(29)13-7-8-15(28)27(11-13)14-5-3-2-4-6-14/h2-8,11-12H,9-10H2,1H3. The molecule has 0 saturated carbocycles. The number of fused-ring (bicyclic) bond motifs is 1. The number of hydrogen-bond acceptors (Lipinski definition) is 4. The van der Waals surface area contributed by atoms with E-state index >= 15 is 0 Å². The molecule has 1 unspecified atom stereocenters. The van der Waals surface area contributed by atoms with E-state index in [1.807, 2.05) is 6.07 Å². The lowest BCUT2D eigenvalue weighted by molar-refractivity contribution is -0.148. The number of aromatic nitrogens is 4. The first-order valence-electron chi connectivity index (χ1n) is 8.87. The number of amides is 1. The summed E-state index contributed by atoms with van der Waals surface area (Å²) in [5.74, 6) is -1.39. The number of hydrogen-bond donors (Lipinski definition) is 0. The zero-order valence-corrected chi connectivity index (χ0v) is 15.3. The summed E-state index contributed by atoms with van der Waals surface area (Å²) in [7, 11) is 0. The van der Waals surface area contributed by atoms with E-state index in [0.717, 1.165) is 4.57 Å². The van der Waals surface area contributed by atoms with E-state index in [2.05, 4.69) is 10.2 Å². The van der Waals surface area contributed by atoms with Crippen LogP contribution < -0.4 is 5.56 Å². The van der Waals surface area contributed by atoms with Crippen LogP contribution in [0.1, 0.15) is 35.0 Å². The minimum atomic E-state index is -4.61. The van der Waals surface area contributed by atoms with Crippen molar-refractivity contribution in [3.8, 4) is 5.69 Å². The van der Waals surface area contributed by atoms with E-state index in [1.165, 1.54) is 27.8 Å². The third-order valence-corrected chi connectivity index (χ3v) is 4.89. The molecule has 0 bridgehead atoms. The van der Waals surface area contributed by atoms with Gasteiger partial charge in [-0.1, -0.05) is 18.2 Å². The molecule has 1 atom stereocenters.